The fourth-order valence-corrected chi connectivity index (χ4v) is 2.33. The SMILES string of the molecule is Cc1noc(C)c1CN(C)C(=O)c1ccccc1Br. The fraction of sp³-hybridized carbons (Fsp3) is 0.286. The first-order valence-corrected chi connectivity index (χ1v) is 6.71. The van der Waals surface area contributed by atoms with Gasteiger partial charge in [-0.1, -0.05) is 17.3 Å². The molecule has 100 valence electrons. The van der Waals surface area contributed by atoms with Crippen LogP contribution in [-0.4, -0.2) is 23.0 Å². The smallest absolute Gasteiger partial charge is 0.255 e. The number of aromatic nitrogens is 1. The standard InChI is InChI=1S/C14H15BrN2O2/c1-9-12(10(2)19-16-9)8-17(3)14(18)11-6-4-5-7-13(11)15/h4-7H,8H2,1-3H3. The van der Waals surface area contributed by atoms with Crippen LogP contribution >= 0.6 is 15.9 Å². The molecule has 0 saturated heterocycles. The van der Waals surface area contributed by atoms with Crippen molar-refractivity contribution in [2.24, 2.45) is 0 Å². The van der Waals surface area contributed by atoms with Crippen LogP contribution in [0.25, 0.3) is 0 Å². The Hall–Kier alpha value is -1.62. The molecule has 0 aliphatic carbocycles. The molecule has 2 aromatic rings. The van der Waals surface area contributed by atoms with Crippen LogP contribution in [0.2, 0.25) is 0 Å². The van der Waals surface area contributed by atoms with Gasteiger partial charge in [0.1, 0.15) is 5.76 Å². The number of carbonyl (C=O) groups excluding carboxylic acids is 1. The first-order valence-electron chi connectivity index (χ1n) is 5.92. The number of rotatable bonds is 3. The van der Waals surface area contributed by atoms with E-state index < -0.39 is 0 Å². The van der Waals surface area contributed by atoms with E-state index in [0.29, 0.717) is 12.1 Å². The van der Waals surface area contributed by atoms with E-state index >= 15 is 0 Å². The second kappa shape index (κ2) is 5.57. The van der Waals surface area contributed by atoms with Crippen LogP contribution in [0.4, 0.5) is 0 Å². The summed E-state index contributed by atoms with van der Waals surface area (Å²) in [6.07, 6.45) is 0. The molecule has 1 amide bonds. The minimum atomic E-state index is -0.0347. The lowest BCUT2D eigenvalue weighted by molar-refractivity contribution is 0.0783. The molecule has 0 aliphatic heterocycles. The average Bonchev–Trinajstić information content (AvgIpc) is 2.70. The highest BCUT2D eigenvalue weighted by molar-refractivity contribution is 9.10. The quantitative estimate of drug-likeness (QED) is 0.870. The van der Waals surface area contributed by atoms with Crippen LogP contribution in [-0.2, 0) is 6.54 Å². The zero-order chi connectivity index (χ0) is 14.0. The highest BCUT2D eigenvalue weighted by Gasteiger charge is 2.18. The number of nitrogens with zero attached hydrogens (tertiary/aromatic N) is 2. The minimum absolute atomic E-state index is 0.0347. The van der Waals surface area contributed by atoms with Gasteiger partial charge in [-0.25, -0.2) is 0 Å². The molecule has 0 saturated carbocycles. The van der Waals surface area contributed by atoms with Crippen molar-refractivity contribution in [3.8, 4) is 0 Å². The predicted molar refractivity (Wildman–Crippen MR) is 75.9 cm³/mol. The Labute approximate surface area is 120 Å². The van der Waals surface area contributed by atoms with Gasteiger partial charge in [-0.15, -0.1) is 0 Å². The van der Waals surface area contributed by atoms with Crippen LogP contribution < -0.4 is 0 Å². The van der Waals surface area contributed by atoms with Gasteiger partial charge < -0.3 is 9.42 Å². The van der Waals surface area contributed by atoms with Gasteiger partial charge in [0.15, 0.2) is 0 Å². The van der Waals surface area contributed by atoms with Gasteiger partial charge >= 0.3 is 0 Å². The van der Waals surface area contributed by atoms with Gasteiger partial charge in [0.2, 0.25) is 0 Å². The molecule has 0 N–H and O–H groups in total. The van der Waals surface area contributed by atoms with Crippen molar-refractivity contribution >= 4 is 21.8 Å². The summed E-state index contributed by atoms with van der Waals surface area (Å²) in [7, 11) is 1.77. The third-order valence-corrected chi connectivity index (χ3v) is 3.72. The molecule has 0 radical (unpaired) electrons. The van der Waals surface area contributed by atoms with E-state index in [9.17, 15) is 4.79 Å². The molecule has 0 atom stereocenters. The predicted octanol–water partition coefficient (Wildman–Crippen LogP) is 3.33. The summed E-state index contributed by atoms with van der Waals surface area (Å²) in [5, 5.41) is 3.90. The number of aryl methyl sites for hydroxylation is 2. The lowest BCUT2D eigenvalue weighted by Crippen LogP contribution is -2.26. The summed E-state index contributed by atoms with van der Waals surface area (Å²) in [5.74, 6) is 0.719. The topological polar surface area (TPSA) is 46.3 Å². The highest BCUT2D eigenvalue weighted by Crippen LogP contribution is 2.20. The Morgan fingerprint density at radius 3 is 2.63 bits per heavy atom. The van der Waals surface area contributed by atoms with E-state index in [4.69, 9.17) is 4.52 Å². The largest absolute Gasteiger partial charge is 0.361 e. The molecular formula is C14H15BrN2O2. The second-order valence-corrected chi connectivity index (χ2v) is 5.30. The summed E-state index contributed by atoms with van der Waals surface area (Å²) in [4.78, 5) is 14.0. The number of benzene rings is 1. The summed E-state index contributed by atoms with van der Waals surface area (Å²) < 4.78 is 5.90. The van der Waals surface area contributed by atoms with Crippen molar-refractivity contribution in [1.29, 1.82) is 0 Å². The number of amides is 1. The lowest BCUT2D eigenvalue weighted by Gasteiger charge is -2.17. The monoisotopic (exact) mass is 322 g/mol. The van der Waals surface area contributed by atoms with Gasteiger partial charge in [0.05, 0.1) is 17.8 Å². The molecule has 5 heteroatoms. The molecule has 0 aliphatic rings. The van der Waals surface area contributed by atoms with Crippen molar-refractivity contribution < 1.29 is 9.32 Å². The maximum absolute atomic E-state index is 12.4. The fourth-order valence-electron chi connectivity index (χ4n) is 1.88. The van der Waals surface area contributed by atoms with Gasteiger partial charge in [-0.2, -0.15) is 0 Å². The summed E-state index contributed by atoms with van der Waals surface area (Å²) in [5.41, 5.74) is 2.43. The minimum Gasteiger partial charge on any atom is -0.361 e. The Balaban J connectivity index is 2.19. The third kappa shape index (κ3) is 2.87. The van der Waals surface area contributed by atoms with Gasteiger partial charge in [0.25, 0.3) is 5.91 Å². The normalized spacial score (nSPS) is 10.5. The summed E-state index contributed by atoms with van der Waals surface area (Å²) in [6.45, 7) is 4.22. The van der Waals surface area contributed by atoms with Gasteiger partial charge in [0, 0.05) is 17.1 Å². The van der Waals surface area contributed by atoms with Crippen LogP contribution in [0.1, 0.15) is 27.4 Å². The summed E-state index contributed by atoms with van der Waals surface area (Å²) >= 11 is 3.39. The first-order chi connectivity index (χ1) is 9.00. The summed E-state index contributed by atoms with van der Waals surface area (Å²) in [6, 6.07) is 7.39. The first kappa shape index (κ1) is 13.8. The maximum Gasteiger partial charge on any atom is 0.255 e. The molecule has 0 spiro atoms. The van der Waals surface area contributed by atoms with E-state index in [2.05, 4.69) is 21.1 Å². The lowest BCUT2D eigenvalue weighted by atomic mass is 10.1. The number of hydrogen-bond donors (Lipinski definition) is 0. The molecule has 0 unspecified atom stereocenters. The van der Waals surface area contributed by atoms with Crippen molar-refractivity contribution in [3.05, 3.63) is 51.3 Å². The molecule has 1 heterocycles. The Morgan fingerprint density at radius 2 is 2.05 bits per heavy atom. The average molecular weight is 323 g/mol. The second-order valence-electron chi connectivity index (χ2n) is 4.44. The number of halogens is 1. The molecule has 1 aromatic heterocycles. The van der Waals surface area contributed by atoms with Gasteiger partial charge in [-0.05, 0) is 41.9 Å². The van der Waals surface area contributed by atoms with Crippen LogP contribution in [0.5, 0.6) is 0 Å². The van der Waals surface area contributed by atoms with Crippen molar-refractivity contribution in [1.82, 2.24) is 10.1 Å². The Bertz CT molecular complexity index is 588. The molecule has 0 bridgehead atoms. The van der Waals surface area contributed by atoms with Crippen molar-refractivity contribution in [2.45, 2.75) is 20.4 Å². The highest BCUT2D eigenvalue weighted by atomic mass is 79.9. The van der Waals surface area contributed by atoms with E-state index in [1.54, 1.807) is 18.0 Å². The van der Waals surface area contributed by atoms with E-state index in [0.717, 1.165) is 21.5 Å². The van der Waals surface area contributed by atoms with E-state index in [-0.39, 0.29) is 5.91 Å². The van der Waals surface area contributed by atoms with Crippen LogP contribution in [0.15, 0.2) is 33.3 Å². The number of hydrogen-bond acceptors (Lipinski definition) is 3. The van der Waals surface area contributed by atoms with E-state index in [1.165, 1.54) is 0 Å². The molecule has 1 aromatic carbocycles. The Morgan fingerprint density at radius 1 is 1.37 bits per heavy atom. The molecule has 4 nitrogen and oxygen atoms in total. The Kier molecular flexibility index (Phi) is 4.04. The molecule has 19 heavy (non-hydrogen) atoms. The zero-order valence-electron chi connectivity index (χ0n) is 11.1. The van der Waals surface area contributed by atoms with E-state index in [1.807, 2.05) is 32.0 Å². The van der Waals surface area contributed by atoms with Crippen molar-refractivity contribution in [2.75, 3.05) is 7.05 Å². The van der Waals surface area contributed by atoms with Crippen molar-refractivity contribution in [3.63, 3.8) is 0 Å². The third-order valence-electron chi connectivity index (χ3n) is 3.03. The van der Waals surface area contributed by atoms with Crippen LogP contribution in [0.3, 0.4) is 0 Å². The zero-order valence-corrected chi connectivity index (χ0v) is 12.7. The molecule has 0 fully saturated rings. The maximum atomic E-state index is 12.4. The van der Waals surface area contributed by atoms with Crippen LogP contribution in [0, 0.1) is 13.8 Å². The molecule has 2 rings (SSSR count). The molecular weight excluding hydrogens is 308 g/mol. The number of carbonyl (C=O) groups is 1. The van der Waals surface area contributed by atoms with Gasteiger partial charge in [-0.3, -0.25) is 4.79 Å².